The highest BCUT2D eigenvalue weighted by Crippen LogP contribution is 2.19. The molecule has 0 aromatic heterocycles. The fourth-order valence-electron chi connectivity index (χ4n) is 1.15. The first-order valence-electron chi connectivity index (χ1n) is 4.10. The molecule has 0 saturated heterocycles. The van der Waals surface area contributed by atoms with Gasteiger partial charge in [-0.1, -0.05) is 28.1 Å². The highest BCUT2D eigenvalue weighted by molar-refractivity contribution is 9.08. The third kappa shape index (κ3) is 2.55. The van der Waals surface area contributed by atoms with Crippen LogP contribution in [0.1, 0.15) is 22.8 Å². The average Bonchev–Trinajstić information content (AvgIpc) is 2.26. The van der Waals surface area contributed by atoms with Gasteiger partial charge < -0.3 is 10.2 Å². The molecule has 0 radical (unpaired) electrons. The Bertz CT molecular complexity index is 425. The molecular formula is C10H8BrNO3. The van der Waals surface area contributed by atoms with Crippen LogP contribution in [0.4, 0.5) is 0 Å². The van der Waals surface area contributed by atoms with E-state index in [9.17, 15) is 9.90 Å². The van der Waals surface area contributed by atoms with Crippen LogP contribution in [0.3, 0.4) is 0 Å². The summed E-state index contributed by atoms with van der Waals surface area (Å²) in [5.41, 5.74) is 1.40. The van der Waals surface area contributed by atoms with Crippen molar-refractivity contribution in [3.63, 3.8) is 0 Å². The van der Waals surface area contributed by atoms with Gasteiger partial charge in [0.25, 0.3) is 0 Å². The lowest BCUT2D eigenvalue weighted by molar-refractivity contribution is -0.146. The quantitative estimate of drug-likeness (QED) is 0.817. The largest absolute Gasteiger partial charge is 0.479 e. The van der Waals surface area contributed by atoms with Gasteiger partial charge in [-0.25, -0.2) is 4.79 Å². The number of carboxylic acids is 1. The second kappa shape index (κ2) is 4.91. The second-order valence-electron chi connectivity index (χ2n) is 2.90. The summed E-state index contributed by atoms with van der Waals surface area (Å²) in [6, 6.07) is 6.42. The standard InChI is InChI=1S/C10H8BrNO3/c11-4-8-3-6(9(13)10(14)15)1-2-7(8)5-12/h1-3,9,13H,4H2,(H,14,15). The Morgan fingerprint density at radius 1 is 1.60 bits per heavy atom. The minimum atomic E-state index is -1.55. The molecule has 4 nitrogen and oxygen atoms in total. The third-order valence-electron chi connectivity index (χ3n) is 1.94. The van der Waals surface area contributed by atoms with E-state index in [0.717, 1.165) is 0 Å². The Hall–Kier alpha value is -1.38. The van der Waals surface area contributed by atoms with E-state index < -0.39 is 12.1 Å². The number of rotatable bonds is 3. The molecule has 0 aliphatic rings. The molecule has 0 aliphatic carbocycles. The molecular weight excluding hydrogens is 262 g/mol. The van der Waals surface area contributed by atoms with Crippen LogP contribution in [0.15, 0.2) is 18.2 Å². The van der Waals surface area contributed by atoms with Crippen LogP contribution in [0.25, 0.3) is 0 Å². The minimum absolute atomic E-state index is 0.274. The number of carboxylic acid groups (broad SMARTS) is 1. The van der Waals surface area contributed by atoms with Crippen molar-refractivity contribution in [1.82, 2.24) is 0 Å². The van der Waals surface area contributed by atoms with E-state index in [-0.39, 0.29) is 5.56 Å². The Morgan fingerprint density at radius 2 is 2.27 bits per heavy atom. The maximum absolute atomic E-state index is 10.5. The Balaban J connectivity index is 3.15. The number of carbonyl (C=O) groups is 1. The first kappa shape index (κ1) is 11.7. The zero-order chi connectivity index (χ0) is 11.4. The maximum Gasteiger partial charge on any atom is 0.337 e. The second-order valence-corrected chi connectivity index (χ2v) is 3.46. The number of aliphatic carboxylic acids is 1. The normalized spacial score (nSPS) is 11.8. The Morgan fingerprint density at radius 3 is 2.73 bits per heavy atom. The summed E-state index contributed by atoms with van der Waals surface area (Å²) in [6.07, 6.45) is -1.55. The molecule has 78 valence electrons. The number of nitriles is 1. The van der Waals surface area contributed by atoms with Crippen molar-refractivity contribution in [3.05, 3.63) is 34.9 Å². The van der Waals surface area contributed by atoms with Crippen molar-refractivity contribution < 1.29 is 15.0 Å². The smallest absolute Gasteiger partial charge is 0.337 e. The molecule has 0 heterocycles. The van der Waals surface area contributed by atoms with Crippen molar-refractivity contribution in [2.45, 2.75) is 11.4 Å². The molecule has 5 heteroatoms. The van der Waals surface area contributed by atoms with E-state index in [2.05, 4.69) is 15.9 Å². The van der Waals surface area contributed by atoms with Gasteiger partial charge in [0.1, 0.15) is 0 Å². The minimum Gasteiger partial charge on any atom is -0.479 e. The predicted octanol–water partition coefficient (Wildman–Crippen LogP) is 1.57. The highest BCUT2D eigenvalue weighted by Gasteiger charge is 2.16. The SMILES string of the molecule is N#Cc1ccc(C(O)C(=O)O)cc1CBr. The monoisotopic (exact) mass is 269 g/mol. The first-order valence-corrected chi connectivity index (χ1v) is 5.22. The summed E-state index contributed by atoms with van der Waals surface area (Å²) in [4.78, 5) is 10.5. The van der Waals surface area contributed by atoms with E-state index in [1.165, 1.54) is 18.2 Å². The number of nitrogens with zero attached hydrogens (tertiary/aromatic N) is 1. The summed E-state index contributed by atoms with van der Waals surface area (Å²) < 4.78 is 0. The van der Waals surface area contributed by atoms with E-state index in [4.69, 9.17) is 10.4 Å². The number of benzene rings is 1. The van der Waals surface area contributed by atoms with Gasteiger partial charge >= 0.3 is 5.97 Å². The zero-order valence-electron chi connectivity index (χ0n) is 7.64. The number of halogens is 1. The number of aliphatic hydroxyl groups is 1. The first-order chi connectivity index (χ1) is 7.10. The van der Waals surface area contributed by atoms with Crippen LogP contribution in [0.5, 0.6) is 0 Å². The molecule has 0 bridgehead atoms. The van der Waals surface area contributed by atoms with E-state index in [0.29, 0.717) is 16.5 Å². The Kier molecular flexibility index (Phi) is 3.83. The molecule has 2 N–H and O–H groups in total. The topological polar surface area (TPSA) is 81.3 Å². The van der Waals surface area contributed by atoms with Crippen LogP contribution in [-0.4, -0.2) is 16.2 Å². The van der Waals surface area contributed by atoms with Gasteiger partial charge in [-0.05, 0) is 17.2 Å². The molecule has 0 saturated carbocycles. The zero-order valence-corrected chi connectivity index (χ0v) is 9.23. The molecule has 1 aromatic carbocycles. The number of hydrogen-bond donors (Lipinski definition) is 2. The van der Waals surface area contributed by atoms with Crippen molar-refractivity contribution >= 4 is 21.9 Å². The van der Waals surface area contributed by atoms with Gasteiger partial charge in [0.05, 0.1) is 11.6 Å². The van der Waals surface area contributed by atoms with E-state index >= 15 is 0 Å². The summed E-state index contributed by atoms with van der Waals surface area (Å²) in [7, 11) is 0. The van der Waals surface area contributed by atoms with Gasteiger partial charge in [-0.2, -0.15) is 5.26 Å². The fraction of sp³-hybridized carbons (Fsp3) is 0.200. The number of hydrogen-bond acceptors (Lipinski definition) is 3. The summed E-state index contributed by atoms with van der Waals surface area (Å²) in [5.74, 6) is -1.31. The van der Waals surface area contributed by atoms with E-state index in [1.54, 1.807) is 0 Å². The summed E-state index contributed by atoms with van der Waals surface area (Å²) in [5, 5.41) is 27.1. The van der Waals surface area contributed by atoms with Gasteiger partial charge in [-0.3, -0.25) is 0 Å². The summed E-state index contributed by atoms with van der Waals surface area (Å²) in [6.45, 7) is 0. The lowest BCUT2D eigenvalue weighted by Gasteiger charge is -2.08. The van der Waals surface area contributed by atoms with E-state index in [1.807, 2.05) is 6.07 Å². The van der Waals surface area contributed by atoms with Crippen LogP contribution < -0.4 is 0 Å². The van der Waals surface area contributed by atoms with Crippen molar-refractivity contribution in [3.8, 4) is 6.07 Å². The molecule has 15 heavy (non-hydrogen) atoms. The van der Waals surface area contributed by atoms with Gasteiger partial charge in [0, 0.05) is 5.33 Å². The third-order valence-corrected chi connectivity index (χ3v) is 2.55. The highest BCUT2D eigenvalue weighted by atomic mass is 79.9. The fourth-order valence-corrected chi connectivity index (χ4v) is 1.61. The molecule has 1 atom stereocenters. The van der Waals surface area contributed by atoms with Crippen LogP contribution in [0.2, 0.25) is 0 Å². The molecule has 0 amide bonds. The lowest BCUT2D eigenvalue weighted by Crippen LogP contribution is -2.10. The van der Waals surface area contributed by atoms with Gasteiger partial charge in [0.2, 0.25) is 0 Å². The maximum atomic E-state index is 10.5. The molecule has 1 unspecified atom stereocenters. The lowest BCUT2D eigenvalue weighted by atomic mass is 10.0. The average molecular weight is 270 g/mol. The number of alkyl halides is 1. The molecule has 1 aromatic rings. The van der Waals surface area contributed by atoms with Crippen molar-refractivity contribution in [2.24, 2.45) is 0 Å². The van der Waals surface area contributed by atoms with Gasteiger partial charge in [0.15, 0.2) is 6.10 Å². The van der Waals surface area contributed by atoms with Crippen LogP contribution in [0, 0.1) is 11.3 Å². The van der Waals surface area contributed by atoms with Crippen molar-refractivity contribution in [1.29, 1.82) is 5.26 Å². The predicted molar refractivity (Wildman–Crippen MR) is 56.4 cm³/mol. The van der Waals surface area contributed by atoms with Gasteiger partial charge in [-0.15, -0.1) is 0 Å². The molecule has 0 spiro atoms. The van der Waals surface area contributed by atoms with Crippen LogP contribution >= 0.6 is 15.9 Å². The molecule has 0 fully saturated rings. The van der Waals surface area contributed by atoms with Crippen LogP contribution in [-0.2, 0) is 10.1 Å². The van der Waals surface area contributed by atoms with Crippen molar-refractivity contribution in [2.75, 3.05) is 0 Å². The summed E-state index contributed by atoms with van der Waals surface area (Å²) >= 11 is 3.19. The molecule has 0 aliphatic heterocycles. The molecule has 1 rings (SSSR count). The Labute approximate surface area is 94.9 Å². The number of aliphatic hydroxyl groups excluding tert-OH is 1.